The van der Waals surface area contributed by atoms with Crippen LogP contribution in [-0.2, 0) is 20.5 Å². The van der Waals surface area contributed by atoms with E-state index in [-0.39, 0.29) is 11.9 Å². The van der Waals surface area contributed by atoms with Crippen LogP contribution in [-0.4, -0.2) is 46.9 Å². The van der Waals surface area contributed by atoms with Crippen molar-refractivity contribution in [1.82, 2.24) is 28.9 Å². The average molecular weight is 747 g/mol. The van der Waals surface area contributed by atoms with E-state index >= 15 is 4.79 Å². The van der Waals surface area contributed by atoms with Gasteiger partial charge in [-0.2, -0.15) is 5.10 Å². The Morgan fingerprint density at radius 3 is 2.43 bits per heavy atom. The molecule has 4 aromatic heterocycles. The number of hydrogen-bond donors (Lipinski definition) is 0. The molecule has 1 aliphatic heterocycles. The molecule has 270 valence electrons. The Morgan fingerprint density at radius 1 is 0.962 bits per heavy atom. The minimum absolute atomic E-state index is 0.137. The summed E-state index contributed by atoms with van der Waals surface area (Å²) in [6.45, 7) is 10.7. The van der Waals surface area contributed by atoms with Crippen molar-refractivity contribution < 1.29 is 9.53 Å². The van der Waals surface area contributed by atoms with Crippen LogP contribution in [0.15, 0.2) is 73.3 Å². The van der Waals surface area contributed by atoms with E-state index in [1.54, 1.807) is 23.5 Å². The third kappa shape index (κ3) is 5.68. The lowest BCUT2D eigenvalue weighted by Gasteiger charge is -2.38. The standard InChI is InChI=1S/C42H41Cl2N7O2/c1-23-18-29(19-24(2)38(23)43)53-17-9-12-31-30-10-8-11-32(37-25(3)47-49(7)26(37)4)39(30)50-27(5)41(44)51(42(52)40(31)50)36-22-48(6)35-14-13-28(20-33(35)36)34-21-45-15-16-46-34/h8,10-11,13-16,18-22,27,41H,9,12,17H2,1-7H3/t27?,41-/m0/s1. The molecule has 0 N–H and O–H groups in total. The molecule has 1 amide bonds. The molecule has 8 rings (SSSR count). The van der Waals surface area contributed by atoms with Gasteiger partial charge in [-0.15, -0.1) is 0 Å². The Morgan fingerprint density at radius 2 is 1.74 bits per heavy atom. The Labute approximate surface area is 318 Å². The SMILES string of the molecule is Cc1cc(OCCCc2c3n(c4c(-c5c(C)nn(C)c5C)cccc24)C(C)[C@@H](Cl)N(c2cn(C)c4ccc(-c5cnccn5)cc24)C3=O)cc(C)c1Cl. The molecular weight excluding hydrogens is 705 g/mol. The van der Waals surface area contributed by atoms with Crippen LogP contribution in [0.3, 0.4) is 0 Å². The zero-order valence-electron chi connectivity index (χ0n) is 30.9. The number of nitrogens with zero attached hydrogens (tertiary/aromatic N) is 7. The number of alkyl halides is 1. The number of aromatic nitrogens is 6. The molecule has 0 saturated carbocycles. The fourth-order valence-corrected chi connectivity index (χ4v) is 8.51. The number of anilines is 1. The maximum Gasteiger partial charge on any atom is 0.276 e. The normalized spacial score (nSPS) is 15.9. The summed E-state index contributed by atoms with van der Waals surface area (Å²) in [5.74, 6) is 0.651. The number of ether oxygens (including phenoxy) is 1. The van der Waals surface area contributed by atoms with Crippen molar-refractivity contribution >= 4 is 56.6 Å². The maximum atomic E-state index is 15.2. The molecule has 1 unspecified atom stereocenters. The first-order chi connectivity index (χ1) is 25.5. The van der Waals surface area contributed by atoms with Gasteiger partial charge in [0.2, 0.25) is 0 Å². The average Bonchev–Trinajstić information content (AvgIpc) is 3.75. The minimum Gasteiger partial charge on any atom is -0.494 e. The summed E-state index contributed by atoms with van der Waals surface area (Å²) >= 11 is 13.9. The van der Waals surface area contributed by atoms with Gasteiger partial charge in [0.1, 0.15) is 16.9 Å². The number of para-hydroxylation sites is 1. The van der Waals surface area contributed by atoms with Gasteiger partial charge in [-0.1, -0.05) is 47.5 Å². The minimum atomic E-state index is -0.673. The highest BCUT2D eigenvalue weighted by molar-refractivity contribution is 6.32. The molecule has 9 nitrogen and oxygen atoms in total. The molecular formula is C42H41Cl2N7O2. The maximum absolute atomic E-state index is 15.2. The first kappa shape index (κ1) is 34.9. The van der Waals surface area contributed by atoms with Crippen LogP contribution in [0.1, 0.15) is 58.0 Å². The number of rotatable bonds is 8. The summed E-state index contributed by atoms with van der Waals surface area (Å²) in [7, 11) is 3.96. The van der Waals surface area contributed by atoms with Gasteiger partial charge >= 0.3 is 0 Å². The highest BCUT2D eigenvalue weighted by atomic mass is 35.5. The lowest BCUT2D eigenvalue weighted by atomic mass is 9.98. The molecule has 0 aliphatic carbocycles. The third-order valence-electron chi connectivity index (χ3n) is 10.7. The molecule has 1 aliphatic rings. The lowest BCUT2D eigenvalue weighted by Crippen LogP contribution is -2.47. The molecule has 2 atom stereocenters. The summed E-state index contributed by atoms with van der Waals surface area (Å²) in [5, 5.41) is 7.45. The van der Waals surface area contributed by atoms with E-state index < -0.39 is 5.50 Å². The van der Waals surface area contributed by atoms with Crippen molar-refractivity contribution in [3.63, 3.8) is 0 Å². The van der Waals surface area contributed by atoms with Crippen molar-refractivity contribution in [2.75, 3.05) is 11.5 Å². The number of amides is 1. The van der Waals surface area contributed by atoms with Crippen molar-refractivity contribution in [1.29, 1.82) is 0 Å². The fraction of sp³-hybridized carbons (Fsp3) is 0.286. The van der Waals surface area contributed by atoms with E-state index in [0.717, 1.165) is 88.7 Å². The predicted octanol–water partition coefficient (Wildman–Crippen LogP) is 9.68. The quantitative estimate of drug-likeness (QED) is 0.0879. The van der Waals surface area contributed by atoms with E-state index in [2.05, 4.69) is 58.7 Å². The number of hydrogen-bond acceptors (Lipinski definition) is 5. The number of fused-ring (bicyclic) bond motifs is 4. The molecule has 53 heavy (non-hydrogen) atoms. The summed E-state index contributed by atoms with van der Waals surface area (Å²) in [4.78, 5) is 25.8. The third-order valence-corrected chi connectivity index (χ3v) is 11.9. The molecule has 11 heteroatoms. The van der Waals surface area contributed by atoms with Crippen molar-refractivity contribution in [2.45, 2.75) is 59.0 Å². The second kappa shape index (κ2) is 13.4. The molecule has 3 aromatic carbocycles. The van der Waals surface area contributed by atoms with Crippen LogP contribution in [0.4, 0.5) is 5.69 Å². The van der Waals surface area contributed by atoms with Crippen LogP contribution in [0.25, 0.3) is 44.2 Å². The predicted molar refractivity (Wildman–Crippen MR) is 213 cm³/mol. The Kier molecular flexibility index (Phi) is 8.82. The lowest BCUT2D eigenvalue weighted by molar-refractivity contribution is 0.0951. The van der Waals surface area contributed by atoms with Crippen LogP contribution in [0.2, 0.25) is 5.02 Å². The van der Waals surface area contributed by atoms with Crippen LogP contribution in [0, 0.1) is 27.7 Å². The molecule has 0 spiro atoms. The topological polar surface area (TPSA) is 83.0 Å². The Bertz CT molecular complexity index is 2540. The number of halogens is 2. The van der Waals surface area contributed by atoms with Crippen molar-refractivity contribution in [3.05, 3.63) is 112 Å². The zero-order chi connectivity index (χ0) is 37.3. The van der Waals surface area contributed by atoms with E-state index in [1.165, 1.54) is 0 Å². The summed E-state index contributed by atoms with van der Waals surface area (Å²) in [6, 6.07) is 16.2. The van der Waals surface area contributed by atoms with Crippen LogP contribution in [0.5, 0.6) is 5.75 Å². The molecule has 7 aromatic rings. The smallest absolute Gasteiger partial charge is 0.276 e. The zero-order valence-corrected chi connectivity index (χ0v) is 32.4. The second-order valence-electron chi connectivity index (χ2n) is 14.1. The van der Waals surface area contributed by atoms with Gasteiger partial charge in [0, 0.05) is 76.4 Å². The van der Waals surface area contributed by atoms with Gasteiger partial charge in [0.25, 0.3) is 5.91 Å². The van der Waals surface area contributed by atoms with Crippen LogP contribution < -0.4 is 9.64 Å². The van der Waals surface area contributed by atoms with Gasteiger partial charge in [0.15, 0.2) is 0 Å². The second-order valence-corrected chi connectivity index (χ2v) is 15.0. The molecule has 0 saturated heterocycles. The van der Waals surface area contributed by atoms with Gasteiger partial charge in [0.05, 0.1) is 41.4 Å². The molecule has 0 radical (unpaired) electrons. The fourth-order valence-electron chi connectivity index (χ4n) is 8.10. The highest BCUT2D eigenvalue weighted by Gasteiger charge is 2.42. The van der Waals surface area contributed by atoms with E-state index in [0.29, 0.717) is 25.1 Å². The van der Waals surface area contributed by atoms with Gasteiger partial charge in [-0.05, 0) is 88.4 Å². The summed E-state index contributed by atoms with van der Waals surface area (Å²) in [5.41, 5.74) is 11.4. The monoisotopic (exact) mass is 745 g/mol. The molecule has 0 bridgehead atoms. The number of carbonyl (C=O) groups is 1. The Balaban J connectivity index is 1.27. The number of benzene rings is 3. The molecule has 5 heterocycles. The number of carbonyl (C=O) groups excluding carboxylic acids is 1. The van der Waals surface area contributed by atoms with E-state index in [9.17, 15) is 0 Å². The largest absolute Gasteiger partial charge is 0.494 e. The summed E-state index contributed by atoms with van der Waals surface area (Å²) in [6.07, 6.45) is 8.42. The first-order valence-electron chi connectivity index (χ1n) is 17.8. The van der Waals surface area contributed by atoms with Crippen molar-refractivity contribution in [3.8, 4) is 28.1 Å². The van der Waals surface area contributed by atoms with E-state index in [1.807, 2.05) is 68.5 Å². The van der Waals surface area contributed by atoms with Gasteiger partial charge in [-0.25, -0.2) is 0 Å². The molecule has 0 fully saturated rings. The van der Waals surface area contributed by atoms with E-state index in [4.69, 9.17) is 33.0 Å². The summed E-state index contributed by atoms with van der Waals surface area (Å²) < 4.78 is 12.4. The highest BCUT2D eigenvalue weighted by Crippen LogP contribution is 2.46. The Hall–Kier alpha value is -5.12. The van der Waals surface area contributed by atoms with Gasteiger partial charge < -0.3 is 13.9 Å². The first-order valence-corrected chi connectivity index (χ1v) is 18.7. The number of aryl methyl sites for hydroxylation is 6. The van der Waals surface area contributed by atoms with Crippen LogP contribution >= 0.6 is 23.2 Å². The van der Waals surface area contributed by atoms with Crippen molar-refractivity contribution in [2.24, 2.45) is 14.1 Å². The van der Waals surface area contributed by atoms with Gasteiger partial charge in [-0.3, -0.25) is 24.3 Å².